The zero-order valence-corrected chi connectivity index (χ0v) is 8.27. The Bertz CT molecular complexity index is 314. The van der Waals surface area contributed by atoms with Crippen molar-refractivity contribution < 1.29 is 4.39 Å². The molecule has 1 aliphatic carbocycles. The van der Waals surface area contributed by atoms with Gasteiger partial charge in [0.15, 0.2) is 0 Å². The van der Waals surface area contributed by atoms with Gasteiger partial charge >= 0.3 is 0 Å². The molecule has 0 heterocycles. The Morgan fingerprint density at radius 3 is 2.85 bits per heavy atom. The second-order valence-electron chi connectivity index (χ2n) is 3.55. The van der Waals surface area contributed by atoms with Gasteiger partial charge in [-0.05, 0) is 35.6 Å². The van der Waals surface area contributed by atoms with Crippen LogP contribution in [0.5, 0.6) is 0 Å². The average Bonchev–Trinajstić information content (AvgIpc) is 2.31. The summed E-state index contributed by atoms with van der Waals surface area (Å²) in [6, 6.07) is 4.93. The molecule has 0 amide bonds. The van der Waals surface area contributed by atoms with Gasteiger partial charge in [-0.3, -0.25) is 0 Å². The summed E-state index contributed by atoms with van der Waals surface area (Å²) < 4.78 is 12.8. The van der Waals surface area contributed by atoms with Crippen molar-refractivity contribution in [2.75, 3.05) is 0 Å². The van der Waals surface area contributed by atoms with Gasteiger partial charge in [0.25, 0.3) is 0 Å². The smallest absolute Gasteiger partial charge is 0.123 e. The fourth-order valence-corrected chi connectivity index (χ4v) is 1.84. The lowest BCUT2D eigenvalue weighted by Gasteiger charge is -2.08. The molecule has 13 heavy (non-hydrogen) atoms. The standard InChI is InChI=1S/C10H12FN.ClH/c1-6-4-7-2-3-8(11)5-9(7)10(6)12;/h2-3,5-6,10H,4,12H2,1H3;1H. The largest absolute Gasteiger partial charge is 0.324 e. The van der Waals surface area contributed by atoms with Gasteiger partial charge in [-0.2, -0.15) is 0 Å². The number of nitrogens with two attached hydrogens (primary N) is 1. The first-order chi connectivity index (χ1) is 5.68. The molecule has 1 aromatic rings. The van der Waals surface area contributed by atoms with Crippen LogP contribution in [-0.2, 0) is 6.42 Å². The van der Waals surface area contributed by atoms with Crippen molar-refractivity contribution in [3.05, 3.63) is 35.1 Å². The number of hydrogen-bond donors (Lipinski definition) is 1. The van der Waals surface area contributed by atoms with Crippen LogP contribution in [-0.4, -0.2) is 0 Å². The van der Waals surface area contributed by atoms with E-state index in [1.54, 1.807) is 6.07 Å². The molecule has 2 N–H and O–H groups in total. The maximum Gasteiger partial charge on any atom is 0.123 e. The predicted molar refractivity (Wildman–Crippen MR) is 53.4 cm³/mol. The SMILES string of the molecule is CC1Cc2ccc(F)cc2C1N.Cl. The highest BCUT2D eigenvalue weighted by molar-refractivity contribution is 5.85. The Balaban J connectivity index is 0.000000845. The van der Waals surface area contributed by atoms with Crippen LogP contribution in [0.3, 0.4) is 0 Å². The van der Waals surface area contributed by atoms with Gasteiger partial charge in [0.2, 0.25) is 0 Å². The average molecular weight is 202 g/mol. The molecular formula is C10H13ClFN. The highest BCUT2D eigenvalue weighted by atomic mass is 35.5. The summed E-state index contributed by atoms with van der Waals surface area (Å²) in [5.41, 5.74) is 8.09. The Morgan fingerprint density at radius 2 is 2.15 bits per heavy atom. The third-order valence-electron chi connectivity index (χ3n) is 2.62. The molecule has 0 fully saturated rings. The Kier molecular flexibility index (Phi) is 2.94. The van der Waals surface area contributed by atoms with Crippen molar-refractivity contribution in [2.45, 2.75) is 19.4 Å². The van der Waals surface area contributed by atoms with Gasteiger partial charge < -0.3 is 5.73 Å². The Hall–Kier alpha value is -0.600. The van der Waals surface area contributed by atoms with Crippen LogP contribution in [0.4, 0.5) is 4.39 Å². The summed E-state index contributed by atoms with van der Waals surface area (Å²) in [7, 11) is 0. The third-order valence-corrected chi connectivity index (χ3v) is 2.62. The molecule has 1 aromatic carbocycles. The van der Waals surface area contributed by atoms with E-state index in [1.807, 2.05) is 6.07 Å². The van der Waals surface area contributed by atoms with E-state index in [1.165, 1.54) is 11.6 Å². The number of fused-ring (bicyclic) bond motifs is 1. The molecule has 1 nitrogen and oxygen atoms in total. The van der Waals surface area contributed by atoms with Crippen LogP contribution in [0.15, 0.2) is 18.2 Å². The molecule has 2 rings (SSSR count). The van der Waals surface area contributed by atoms with Gasteiger partial charge in [0.1, 0.15) is 5.82 Å². The monoisotopic (exact) mass is 201 g/mol. The van der Waals surface area contributed by atoms with E-state index < -0.39 is 0 Å². The molecule has 0 saturated heterocycles. The summed E-state index contributed by atoms with van der Waals surface area (Å²) in [5.74, 6) is 0.264. The molecular weight excluding hydrogens is 189 g/mol. The second-order valence-corrected chi connectivity index (χ2v) is 3.55. The van der Waals surface area contributed by atoms with E-state index in [0.29, 0.717) is 5.92 Å². The van der Waals surface area contributed by atoms with E-state index in [2.05, 4.69) is 6.92 Å². The van der Waals surface area contributed by atoms with E-state index >= 15 is 0 Å². The van der Waals surface area contributed by atoms with Crippen molar-refractivity contribution in [1.29, 1.82) is 0 Å². The molecule has 2 unspecified atom stereocenters. The minimum Gasteiger partial charge on any atom is -0.324 e. The lowest BCUT2D eigenvalue weighted by atomic mass is 10.0. The Labute approximate surface area is 83.5 Å². The highest BCUT2D eigenvalue weighted by Crippen LogP contribution is 2.33. The summed E-state index contributed by atoms with van der Waals surface area (Å²) >= 11 is 0. The molecule has 0 saturated carbocycles. The molecule has 0 bridgehead atoms. The summed E-state index contributed by atoms with van der Waals surface area (Å²) in [6.07, 6.45) is 0.983. The van der Waals surface area contributed by atoms with E-state index in [9.17, 15) is 4.39 Å². The molecule has 0 radical (unpaired) electrons. The van der Waals surface area contributed by atoms with Gasteiger partial charge in [0.05, 0.1) is 0 Å². The number of halogens is 2. The van der Waals surface area contributed by atoms with Crippen molar-refractivity contribution in [3.63, 3.8) is 0 Å². The van der Waals surface area contributed by atoms with E-state index in [-0.39, 0.29) is 24.3 Å². The van der Waals surface area contributed by atoms with E-state index in [0.717, 1.165) is 12.0 Å². The zero-order valence-electron chi connectivity index (χ0n) is 7.46. The minimum atomic E-state index is -0.182. The first kappa shape index (κ1) is 10.5. The summed E-state index contributed by atoms with van der Waals surface area (Å²) in [4.78, 5) is 0. The van der Waals surface area contributed by atoms with Crippen LogP contribution in [0.25, 0.3) is 0 Å². The number of benzene rings is 1. The molecule has 72 valence electrons. The fraction of sp³-hybridized carbons (Fsp3) is 0.400. The zero-order chi connectivity index (χ0) is 8.72. The summed E-state index contributed by atoms with van der Waals surface area (Å²) in [6.45, 7) is 2.10. The predicted octanol–water partition coefficient (Wildman–Crippen LogP) is 2.44. The van der Waals surface area contributed by atoms with Crippen LogP contribution in [0, 0.1) is 11.7 Å². The lowest BCUT2D eigenvalue weighted by molar-refractivity contribution is 0.511. The molecule has 1 aliphatic rings. The van der Waals surface area contributed by atoms with Crippen LogP contribution in [0.1, 0.15) is 24.1 Å². The normalized spacial score (nSPS) is 25.2. The molecule has 3 heteroatoms. The molecule has 0 aromatic heterocycles. The molecule has 0 aliphatic heterocycles. The summed E-state index contributed by atoms with van der Waals surface area (Å²) in [5, 5.41) is 0. The van der Waals surface area contributed by atoms with Gasteiger partial charge in [0, 0.05) is 6.04 Å². The maximum absolute atomic E-state index is 12.8. The number of hydrogen-bond acceptors (Lipinski definition) is 1. The van der Waals surface area contributed by atoms with E-state index in [4.69, 9.17) is 5.73 Å². The lowest BCUT2D eigenvalue weighted by Crippen LogP contribution is -2.13. The maximum atomic E-state index is 12.8. The topological polar surface area (TPSA) is 26.0 Å². The van der Waals surface area contributed by atoms with Crippen LogP contribution < -0.4 is 5.73 Å². The molecule has 2 atom stereocenters. The quantitative estimate of drug-likeness (QED) is 0.686. The van der Waals surface area contributed by atoms with Crippen molar-refractivity contribution in [1.82, 2.24) is 0 Å². The first-order valence-electron chi connectivity index (χ1n) is 4.22. The van der Waals surface area contributed by atoms with Crippen molar-refractivity contribution in [2.24, 2.45) is 11.7 Å². The molecule has 0 spiro atoms. The van der Waals surface area contributed by atoms with Gasteiger partial charge in [-0.15, -0.1) is 12.4 Å². The first-order valence-corrected chi connectivity index (χ1v) is 4.22. The Morgan fingerprint density at radius 1 is 1.46 bits per heavy atom. The second kappa shape index (κ2) is 3.64. The van der Waals surface area contributed by atoms with Crippen molar-refractivity contribution >= 4 is 12.4 Å². The van der Waals surface area contributed by atoms with Crippen LogP contribution in [0.2, 0.25) is 0 Å². The minimum absolute atomic E-state index is 0. The number of rotatable bonds is 0. The van der Waals surface area contributed by atoms with Crippen molar-refractivity contribution in [3.8, 4) is 0 Å². The highest BCUT2D eigenvalue weighted by Gasteiger charge is 2.26. The fourth-order valence-electron chi connectivity index (χ4n) is 1.84. The van der Waals surface area contributed by atoms with Gasteiger partial charge in [-0.1, -0.05) is 13.0 Å². The third kappa shape index (κ3) is 1.69. The van der Waals surface area contributed by atoms with Gasteiger partial charge in [-0.25, -0.2) is 4.39 Å². The van der Waals surface area contributed by atoms with Crippen LogP contribution >= 0.6 is 12.4 Å².